The minimum Gasteiger partial charge on any atom is -0.337 e. The van der Waals surface area contributed by atoms with E-state index in [4.69, 9.17) is 23.2 Å². The maximum Gasteiger partial charge on any atom is 0.246 e. The molecule has 1 amide bonds. The van der Waals surface area contributed by atoms with E-state index in [0.29, 0.717) is 15.6 Å². The lowest BCUT2D eigenvalue weighted by atomic mass is 10.2. The van der Waals surface area contributed by atoms with E-state index >= 15 is 0 Å². The molecular weight excluding hydrogens is 355 g/mol. The standard InChI is InChI=1S/C20H20Cl2N2O/c21-18-7-4-8-19(22)17(18)9-10-20(25)24-13-11-23(12-14-24)15-16-5-2-1-3-6-16/h1-10H,11-15H2. The van der Waals surface area contributed by atoms with Gasteiger partial charge in [0, 0.05) is 54.4 Å². The van der Waals surface area contributed by atoms with Crippen LogP contribution in [0.25, 0.3) is 6.08 Å². The number of piperazine rings is 1. The van der Waals surface area contributed by atoms with Crippen molar-refractivity contribution in [1.29, 1.82) is 0 Å². The number of amides is 1. The normalized spacial score (nSPS) is 15.7. The molecule has 1 aliphatic heterocycles. The van der Waals surface area contributed by atoms with Gasteiger partial charge < -0.3 is 4.90 Å². The van der Waals surface area contributed by atoms with Gasteiger partial charge in [-0.3, -0.25) is 9.69 Å². The van der Waals surface area contributed by atoms with Gasteiger partial charge >= 0.3 is 0 Å². The summed E-state index contributed by atoms with van der Waals surface area (Å²) >= 11 is 12.3. The summed E-state index contributed by atoms with van der Waals surface area (Å²) in [5.41, 5.74) is 1.98. The van der Waals surface area contributed by atoms with Gasteiger partial charge in [0.25, 0.3) is 0 Å². The molecule has 0 aromatic heterocycles. The molecule has 0 aliphatic carbocycles. The van der Waals surface area contributed by atoms with E-state index in [0.717, 1.165) is 32.7 Å². The molecule has 1 aliphatic rings. The van der Waals surface area contributed by atoms with E-state index in [1.165, 1.54) is 5.56 Å². The third kappa shape index (κ3) is 4.85. The first-order valence-corrected chi connectivity index (χ1v) is 9.06. The van der Waals surface area contributed by atoms with E-state index in [1.807, 2.05) is 11.0 Å². The molecule has 0 spiro atoms. The summed E-state index contributed by atoms with van der Waals surface area (Å²) in [5, 5.41) is 1.09. The predicted molar refractivity (Wildman–Crippen MR) is 104 cm³/mol. The van der Waals surface area contributed by atoms with Gasteiger partial charge in [0.05, 0.1) is 0 Å². The van der Waals surface area contributed by atoms with Crippen molar-refractivity contribution in [2.45, 2.75) is 6.54 Å². The van der Waals surface area contributed by atoms with E-state index in [-0.39, 0.29) is 5.91 Å². The molecule has 0 unspecified atom stereocenters. The van der Waals surface area contributed by atoms with Crippen LogP contribution in [0, 0.1) is 0 Å². The monoisotopic (exact) mass is 374 g/mol. The van der Waals surface area contributed by atoms with Crippen LogP contribution in [0.2, 0.25) is 10.0 Å². The molecular formula is C20H20Cl2N2O. The summed E-state index contributed by atoms with van der Waals surface area (Å²) in [6, 6.07) is 15.7. The van der Waals surface area contributed by atoms with Crippen LogP contribution in [0.1, 0.15) is 11.1 Å². The van der Waals surface area contributed by atoms with Gasteiger partial charge in [-0.1, -0.05) is 59.6 Å². The highest BCUT2D eigenvalue weighted by atomic mass is 35.5. The van der Waals surface area contributed by atoms with Crippen LogP contribution in [0.4, 0.5) is 0 Å². The molecule has 0 N–H and O–H groups in total. The molecule has 1 heterocycles. The number of carbonyl (C=O) groups excluding carboxylic acids is 1. The fraction of sp³-hybridized carbons (Fsp3) is 0.250. The van der Waals surface area contributed by atoms with Crippen LogP contribution in [-0.4, -0.2) is 41.9 Å². The third-order valence-electron chi connectivity index (χ3n) is 4.33. The smallest absolute Gasteiger partial charge is 0.246 e. The van der Waals surface area contributed by atoms with E-state index < -0.39 is 0 Å². The molecule has 3 nitrogen and oxygen atoms in total. The number of hydrogen-bond acceptors (Lipinski definition) is 2. The molecule has 0 saturated carbocycles. The Morgan fingerprint density at radius 2 is 1.56 bits per heavy atom. The van der Waals surface area contributed by atoms with Crippen molar-refractivity contribution >= 4 is 35.2 Å². The number of carbonyl (C=O) groups is 1. The second-order valence-corrected chi connectivity index (χ2v) is 6.87. The Kier molecular flexibility index (Phi) is 6.14. The molecule has 0 atom stereocenters. The zero-order valence-electron chi connectivity index (χ0n) is 13.9. The molecule has 0 bridgehead atoms. The van der Waals surface area contributed by atoms with Crippen LogP contribution < -0.4 is 0 Å². The number of benzene rings is 2. The average molecular weight is 375 g/mol. The SMILES string of the molecule is O=C(C=Cc1c(Cl)cccc1Cl)N1CCN(Cc2ccccc2)CC1. The first kappa shape index (κ1) is 18.0. The quantitative estimate of drug-likeness (QED) is 0.742. The first-order valence-electron chi connectivity index (χ1n) is 8.31. The summed E-state index contributed by atoms with van der Waals surface area (Å²) < 4.78 is 0. The van der Waals surface area contributed by atoms with E-state index in [9.17, 15) is 4.79 Å². The van der Waals surface area contributed by atoms with E-state index in [1.54, 1.807) is 30.4 Å². The molecule has 3 rings (SSSR count). The average Bonchev–Trinajstić information content (AvgIpc) is 2.62. The molecule has 1 saturated heterocycles. The Morgan fingerprint density at radius 3 is 2.20 bits per heavy atom. The summed E-state index contributed by atoms with van der Waals surface area (Å²) in [5.74, 6) is -0.00431. The zero-order chi connectivity index (χ0) is 17.6. The minimum absolute atomic E-state index is 0.00431. The molecule has 2 aromatic rings. The highest BCUT2D eigenvalue weighted by Gasteiger charge is 2.19. The Balaban J connectivity index is 1.54. The van der Waals surface area contributed by atoms with Crippen molar-refractivity contribution in [3.63, 3.8) is 0 Å². The first-order chi connectivity index (χ1) is 12.1. The van der Waals surface area contributed by atoms with Gasteiger partial charge in [-0.25, -0.2) is 0 Å². The van der Waals surface area contributed by atoms with Gasteiger partial charge in [-0.2, -0.15) is 0 Å². The van der Waals surface area contributed by atoms with Gasteiger partial charge in [0.2, 0.25) is 5.91 Å². The predicted octanol–water partition coefficient (Wildman–Crippen LogP) is 4.35. The van der Waals surface area contributed by atoms with Crippen molar-refractivity contribution in [1.82, 2.24) is 9.80 Å². The van der Waals surface area contributed by atoms with Crippen LogP contribution >= 0.6 is 23.2 Å². The Bertz CT molecular complexity index is 733. The van der Waals surface area contributed by atoms with Crippen molar-refractivity contribution < 1.29 is 4.79 Å². The molecule has 5 heteroatoms. The van der Waals surface area contributed by atoms with Crippen molar-refractivity contribution in [3.05, 3.63) is 75.8 Å². The van der Waals surface area contributed by atoms with Crippen LogP contribution in [-0.2, 0) is 11.3 Å². The third-order valence-corrected chi connectivity index (χ3v) is 4.98. The molecule has 1 fully saturated rings. The molecule has 130 valence electrons. The summed E-state index contributed by atoms with van der Waals surface area (Å²) in [6.45, 7) is 4.13. The van der Waals surface area contributed by atoms with Crippen molar-refractivity contribution in [3.8, 4) is 0 Å². The summed E-state index contributed by atoms with van der Waals surface area (Å²) in [4.78, 5) is 16.6. The lowest BCUT2D eigenvalue weighted by molar-refractivity contribution is -0.127. The largest absolute Gasteiger partial charge is 0.337 e. The van der Waals surface area contributed by atoms with Gasteiger partial charge in [-0.15, -0.1) is 0 Å². The molecule has 0 radical (unpaired) electrons. The van der Waals surface area contributed by atoms with Crippen molar-refractivity contribution in [2.24, 2.45) is 0 Å². The number of halogens is 2. The highest BCUT2D eigenvalue weighted by Crippen LogP contribution is 2.25. The second-order valence-electron chi connectivity index (χ2n) is 6.06. The van der Waals surface area contributed by atoms with Gasteiger partial charge in [0.15, 0.2) is 0 Å². The Hall–Kier alpha value is -1.81. The van der Waals surface area contributed by atoms with Gasteiger partial charge in [0.1, 0.15) is 0 Å². The molecule has 25 heavy (non-hydrogen) atoms. The Labute approximate surface area is 158 Å². The van der Waals surface area contributed by atoms with Gasteiger partial charge in [-0.05, 0) is 23.8 Å². The van der Waals surface area contributed by atoms with Crippen LogP contribution in [0.3, 0.4) is 0 Å². The minimum atomic E-state index is -0.00431. The maximum atomic E-state index is 12.4. The van der Waals surface area contributed by atoms with E-state index in [2.05, 4.69) is 29.2 Å². The lowest BCUT2D eigenvalue weighted by Gasteiger charge is -2.34. The highest BCUT2D eigenvalue weighted by molar-refractivity contribution is 6.37. The maximum absolute atomic E-state index is 12.4. The van der Waals surface area contributed by atoms with Crippen molar-refractivity contribution in [2.75, 3.05) is 26.2 Å². The second kappa shape index (κ2) is 8.52. The van der Waals surface area contributed by atoms with Crippen LogP contribution in [0.15, 0.2) is 54.6 Å². The summed E-state index contributed by atoms with van der Waals surface area (Å²) in [6.07, 6.45) is 3.25. The fourth-order valence-corrected chi connectivity index (χ4v) is 3.42. The zero-order valence-corrected chi connectivity index (χ0v) is 15.4. The lowest BCUT2D eigenvalue weighted by Crippen LogP contribution is -2.47. The van der Waals surface area contributed by atoms with Crippen LogP contribution in [0.5, 0.6) is 0 Å². The number of rotatable bonds is 4. The summed E-state index contributed by atoms with van der Waals surface area (Å²) in [7, 11) is 0. The molecule has 2 aromatic carbocycles. The fourth-order valence-electron chi connectivity index (χ4n) is 2.90. The Morgan fingerprint density at radius 1 is 0.920 bits per heavy atom. The topological polar surface area (TPSA) is 23.6 Å². The number of nitrogens with zero attached hydrogens (tertiary/aromatic N) is 2. The number of hydrogen-bond donors (Lipinski definition) is 0.